The average molecular weight is 194 g/mol. The smallest absolute Gasteiger partial charge is 0.249 e. The molecular weight excluding hydrogens is 187 g/mol. The Morgan fingerprint density at radius 2 is 2.36 bits per heavy atom. The number of nitriles is 1. The first-order valence-electron chi connectivity index (χ1n) is 3.76. The predicted octanol–water partition coefficient (Wildman–Crippen LogP) is 1.13. The van der Waals surface area contributed by atoms with Crippen molar-refractivity contribution in [2.75, 3.05) is 0 Å². The van der Waals surface area contributed by atoms with Crippen LogP contribution in [-0.4, -0.2) is 5.91 Å². The van der Waals surface area contributed by atoms with Crippen LogP contribution >= 0.6 is 0 Å². The number of hydroxylamine groups is 1. The van der Waals surface area contributed by atoms with Crippen molar-refractivity contribution >= 4 is 5.91 Å². The van der Waals surface area contributed by atoms with Gasteiger partial charge in [-0.15, -0.1) is 0 Å². The third-order valence-corrected chi connectivity index (χ3v) is 1.37. The molecule has 0 atom stereocenters. The largest absolute Gasteiger partial charge is 0.379 e. The van der Waals surface area contributed by atoms with Gasteiger partial charge in [-0.3, -0.25) is 4.79 Å². The molecule has 4 nitrogen and oxygen atoms in total. The Labute approximate surface area is 79.9 Å². The Morgan fingerprint density at radius 1 is 1.64 bits per heavy atom. The Hall–Kier alpha value is -2.09. The zero-order chi connectivity index (χ0) is 10.6. The van der Waals surface area contributed by atoms with Crippen molar-refractivity contribution in [1.82, 2.24) is 5.48 Å². The van der Waals surface area contributed by atoms with Gasteiger partial charge in [0.2, 0.25) is 5.91 Å². The van der Waals surface area contributed by atoms with Crippen LogP contribution in [0.3, 0.4) is 0 Å². The Bertz CT molecular complexity index is 398. The normalized spacial score (nSPS) is 8.93. The Morgan fingerprint density at radius 3 is 2.86 bits per heavy atom. The van der Waals surface area contributed by atoms with Gasteiger partial charge in [-0.2, -0.15) is 10.7 Å². The minimum Gasteiger partial charge on any atom is -0.379 e. The molecule has 0 unspecified atom stereocenters. The first-order chi connectivity index (χ1) is 6.63. The van der Waals surface area contributed by atoms with Crippen molar-refractivity contribution in [3.05, 3.63) is 29.6 Å². The lowest BCUT2D eigenvalue weighted by Crippen LogP contribution is -2.23. The quantitative estimate of drug-likeness (QED) is 0.718. The summed E-state index contributed by atoms with van der Waals surface area (Å²) in [6, 6.07) is 5.35. The first kappa shape index (κ1) is 9.99. The van der Waals surface area contributed by atoms with E-state index in [0.29, 0.717) is 0 Å². The van der Waals surface area contributed by atoms with Crippen LogP contribution in [0.5, 0.6) is 5.75 Å². The van der Waals surface area contributed by atoms with Crippen molar-refractivity contribution in [2.24, 2.45) is 0 Å². The topological polar surface area (TPSA) is 62.1 Å². The molecule has 0 saturated carbocycles. The molecule has 1 amide bonds. The lowest BCUT2D eigenvalue weighted by molar-refractivity contribution is -0.125. The third-order valence-electron chi connectivity index (χ3n) is 1.37. The molecule has 0 radical (unpaired) electrons. The highest BCUT2D eigenvalue weighted by molar-refractivity contribution is 5.71. The molecular formula is C9H7FN2O2. The van der Waals surface area contributed by atoms with Gasteiger partial charge in [0.1, 0.15) is 11.9 Å². The molecule has 1 aromatic carbocycles. The van der Waals surface area contributed by atoms with Crippen LogP contribution in [-0.2, 0) is 4.79 Å². The van der Waals surface area contributed by atoms with Gasteiger partial charge in [0.15, 0.2) is 5.75 Å². The van der Waals surface area contributed by atoms with Crippen LogP contribution in [0, 0.1) is 17.1 Å². The van der Waals surface area contributed by atoms with E-state index in [4.69, 9.17) is 10.1 Å². The number of carbonyl (C=O) groups excluding carboxylic acids is 1. The van der Waals surface area contributed by atoms with E-state index >= 15 is 0 Å². The fourth-order valence-electron chi connectivity index (χ4n) is 0.781. The van der Waals surface area contributed by atoms with Crippen LogP contribution < -0.4 is 10.3 Å². The fourth-order valence-corrected chi connectivity index (χ4v) is 0.781. The summed E-state index contributed by atoms with van der Waals surface area (Å²) in [4.78, 5) is 15.1. The van der Waals surface area contributed by atoms with Gasteiger partial charge in [0, 0.05) is 13.0 Å². The van der Waals surface area contributed by atoms with E-state index in [1.165, 1.54) is 19.1 Å². The van der Waals surface area contributed by atoms with Crippen molar-refractivity contribution in [2.45, 2.75) is 6.92 Å². The highest BCUT2D eigenvalue weighted by Crippen LogP contribution is 2.14. The molecule has 0 fully saturated rings. The van der Waals surface area contributed by atoms with Crippen molar-refractivity contribution < 1.29 is 14.0 Å². The SMILES string of the molecule is CC(=O)NOc1ccc(C#N)c(F)c1. The number of nitrogens with zero attached hydrogens (tertiary/aromatic N) is 1. The average Bonchev–Trinajstić information content (AvgIpc) is 2.15. The number of hydrogen-bond donors (Lipinski definition) is 1. The van der Waals surface area contributed by atoms with Crippen LogP contribution in [0.4, 0.5) is 4.39 Å². The van der Waals surface area contributed by atoms with E-state index in [1.54, 1.807) is 6.07 Å². The van der Waals surface area contributed by atoms with Crippen molar-refractivity contribution in [3.8, 4) is 11.8 Å². The zero-order valence-electron chi connectivity index (χ0n) is 7.37. The zero-order valence-corrected chi connectivity index (χ0v) is 7.37. The summed E-state index contributed by atoms with van der Waals surface area (Å²) in [5.41, 5.74) is 1.97. The number of rotatable bonds is 2. The number of nitrogens with one attached hydrogen (secondary N) is 1. The first-order valence-corrected chi connectivity index (χ1v) is 3.76. The van der Waals surface area contributed by atoms with Crippen LogP contribution in [0.25, 0.3) is 0 Å². The molecule has 0 aliphatic rings. The molecule has 0 saturated heterocycles. The maximum Gasteiger partial charge on any atom is 0.249 e. The van der Waals surface area contributed by atoms with Gasteiger partial charge in [-0.1, -0.05) is 0 Å². The molecule has 0 spiro atoms. The lowest BCUT2D eigenvalue weighted by Gasteiger charge is -2.04. The Kier molecular flexibility index (Phi) is 3.02. The van der Waals surface area contributed by atoms with Gasteiger partial charge in [-0.05, 0) is 12.1 Å². The molecule has 0 aliphatic carbocycles. The molecule has 1 N–H and O–H groups in total. The second kappa shape index (κ2) is 4.23. The maximum absolute atomic E-state index is 13.0. The number of hydrogen-bond acceptors (Lipinski definition) is 3. The number of carbonyl (C=O) groups is 1. The summed E-state index contributed by atoms with van der Waals surface area (Å²) < 4.78 is 13.0. The standard InChI is InChI=1S/C9H7FN2O2/c1-6(13)12-14-8-3-2-7(5-11)9(10)4-8/h2-4H,1H3,(H,12,13). The van der Waals surface area contributed by atoms with Gasteiger partial charge < -0.3 is 4.84 Å². The highest BCUT2D eigenvalue weighted by atomic mass is 19.1. The van der Waals surface area contributed by atoms with E-state index in [-0.39, 0.29) is 11.3 Å². The van der Waals surface area contributed by atoms with E-state index < -0.39 is 11.7 Å². The summed E-state index contributed by atoms with van der Waals surface area (Å²) >= 11 is 0. The summed E-state index contributed by atoms with van der Waals surface area (Å²) in [6.45, 7) is 1.26. The van der Waals surface area contributed by atoms with E-state index in [2.05, 4.69) is 0 Å². The van der Waals surface area contributed by atoms with E-state index in [9.17, 15) is 9.18 Å². The summed E-state index contributed by atoms with van der Waals surface area (Å²) in [5.74, 6) is -0.943. The number of benzene rings is 1. The van der Waals surface area contributed by atoms with Gasteiger partial charge in [0.25, 0.3) is 0 Å². The van der Waals surface area contributed by atoms with Crippen molar-refractivity contribution in [3.63, 3.8) is 0 Å². The number of halogens is 1. The fraction of sp³-hybridized carbons (Fsp3) is 0.111. The lowest BCUT2D eigenvalue weighted by atomic mass is 10.2. The van der Waals surface area contributed by atoms with Gasteiger partial charge in [0.05, 0.1) is 5.56 Å². The molecule has 14 heavy (non-hydrogen) atoms. The summed E-state index contributed by atoms with van der Waals surface area (Å²) in [6.07, 6.45) is 0. The molecule has 0 aliphatic heterocycles. The predicted molar refractivity (Wildman–Crippen MR) is 45.6 cm³/mol. The Balaban J connectivity index is 2.77. The second-order valence-electron chi connectivity index (χ2n) is 2.51. The van der Waals surface area contributed by atoms with Gasteiger partial charge in [-0.25, -0.2) is 4.39 Å². The monoisotopic (exact) mass is 194 g/mol. The molecule has 0 aromatic heterocycles. The van der Waals surface area contributed by atoms with Crippen molar-refractivity contribution in [1.29, 1.82) is 5.26 Å². The molecule has 72 valence electrons. The van der Waals surface area contributed by atoms with Crippen LogP contribution in [0.15, 0.2) is 18.2 Å². The maximum atomic E-state index is 13.0. The highest BCUT2D eigenvalue weighted by Gasteiger charge is 2.03. The molecule has 0 bridgehead atoms. The minimum absolute atomic E-state index is 0.0693. The molecule has 0 heterocycles. The van der Waals surface area contributed by atoms with Crippen LogP contribution in [0.1, 0.15) is 12.5 Å². The minimum atomic E-state index is -0.685. The summed E-state index contributed by atoms with van der Waals surface area (Å²) in [5, 5.41) is 8.43. The molecule has 5 heteroatoms. The molecule has 1 aromatic rings. The van der Waals surface area contributed by atoms with E-state index in [1.807, 2.05) is 5.48 Å². The summed E-state index contributed by atoms with van der Waals surface area (Å²) in [7, 11) is 0. The van der Waals surface area contributed by atoms with Gasteiger partial charge >= 0.3 is 0 Å². The van der Waals surface area contributed by atoms with Crippen LogP contribution in [0.2, 0.25) is 0 Å². The number of amides is 1. The molecule has 1 rings (SSSR count). The second-order valence-corrected chi connectivity index (χ2v) is 2.51. The van der Waals surface area contributed by atoms with E-state index in [0.717, 1.165) is 6.07 Å². The third kappa shape index (κ3) is 2.45.